The molecule has 2 aliphatic rings. The van der Waals surface area contributed by atoms with Gasteiger partial charge in [-0.2, -0.15) is 0 Å². The van der Waals surface area contributed by atoms with Crippen LogP contribution in [0.25, 0.3) is 12.2 Å². The predicted molar refractivity (Wildman–Crippen MR) is 229 cm³/mol. The molecule has 0 saturated heterocycles. The van der Waals surface area contributed by atoms with Crippen LogP contribution in [0.5, 0.6) is 11.5 Å². The molecule has 2 heterocycles. The second kappa shape index (κ2) is 20.4. The third-order valence-electron chi connectivity index (χ3n) is 10.2. The SMILES string of the molecule is CCCCCc1cc(NC(=O)C(Cl)Cl)c2c(c1)OC(C)(CC/C=C(\C)CCCCCCc1cc(NC(C)=O)c3c(c1)OC(C)(CCC=C(C)C)C=C3)C=C2. The number of amides is 2. The zero-order chi connectivity index (χ0) is 39.3. The van der Waals surface area contributed by atoms with Gasteiger partial charge in [0.15, 0.2) is 4.84 Å². The maximum Gasteiger partial charge on any atom is 0.257 e. The van der Waals surface area contributed by atoms with Gasteiger partial charge in [0.1, 0.15) is 22.7 Å². The zero-order valence-corrected chi connectivity index (χ0v) is 35.2. The predicted octanol–water partition coefficient (Wildman–Crippen LogP) is 13.1. The van der Waals surface area contributed by atoms with Crippen LogP contribution in [0.4, 0.5) is 11.4 Å². The van der Waals surface area contributed by atoms with Gasteiger partial charge in [0.25, 0.3) is 5.91 Å². The number of hydrogen-bond acceptors (Lipinski definition) is 4. The Morgan fingerprint density at radius 3 is 1.76 bits per heavy atom. The van der Waals surface area contributed by atoms with Gasteiger partial charge < -0.3 is 20.1 Å². The van der Waals surface area contributed by atoms with Crippen molar-refractivity contribution in [1.29, 1.82) is 0 Å². The highest BCUT2D eigenvalue weighted by molar-refractivity contribution is 6.54. The molecule has 4 rings (SSSR count). The largest absolute Gasteiger partial charge is 0.483 e. The molecule has 0 radical (unpaired) electrons. The Kier molecular flexibility index (Phi) is 16.4. The molecule has 2 aromatic carbocycles. The van der Waals surface area contributed by atoms with Gasteiger partial charge in [-0.15, -0.1) is 0 Å². The molecule has 2 amide bonds. The van der Waals surface area contributed by atoms with Crippen LogP contribution in [0, 0.1) is 0 Å². The van der Waals surface area contributed by atoms with Gasteiger partial charge in [0.2, 0.25) is 5.91 Å². The molecule has 2 aliphatic heterocycles. The van der Waals surface area contributed by atoms with E-state index in [1.165, 1.54) is 23.1 Å². The fourth-order valence-electron chi connectivity index (χ4n) is 7.13. The first-order valence-electron chi connectivity index (χ1n) is 19.9. The van der Waals surface area contributed by atoms with Gasteiger partial charge in [-0.1, -0.05) is 79.1 Å². The topological polar surface area (TPSA) is 76.7 Å². The molecule has 2 aromatic rings. The average molecular weight is 778 g/mol. The van der Waals surface area contributed by atoms with Gasteiger partial charge in [0.05, 0.1) is 11.4 Å². The van der Waals surface area contributed by atoms with Crippen molar-refractivity contribution in [3.8, 4) is 11.5 Å². The number of hydrogen-bond donors (Lipinski definition) is 2. The van der Waals surface area contributed by atoms with Crippen molar-refractivity contribution < 1.29 is 19.1 Å². The van der Waals surface area contributed by atoms with Gasteiger partial charge in [-0.3, -0.25) is 9.59 Å². The van der Waals surface area contributed by atoms with Crippen LogP contribution in [-0.2, 0) is 22.4 Å². The lowest BCUT2D eigenvalue weighted by molar-refractivity contribution is -0.115. The summed E-state index contributed by atoms with van der Waals surface area (Å²) in [6, 6.07) is 8.40. The molecule has 0 saturated carbocycles. The van der Waals surface area contributed by atoms with E-state index in [9.17, 15) is 9.59 Å². The average Bonchev–Trinajstić information content (AvgIpc) is 3.09. The molecule has 0 aliphatic carbocycles. The summed E-state index contributed by atoms with van der Waals surface area (Å²) < 4.78 is 13.2. The van der Waals surface area contributed by atoms with E-state index in [0.717, 1.165) is 117 Å². The summed E-state index contributed by atoms with van der Waals surface area (Å²) in [5, 5.41) is 5.92. The fourth-order valence-corrected chi connectivity index (χ4v) is 7.24. The normalized spacial score (nSPS) is 18.7. The van der Waals surface area contributed by atoms with Crippen molar-refractivity contribution in [2.45, 2.75) is 154 Å². The summed E-state index contributed by atoms with van der Waals surface area (Å²) in [5.74, 6) is 1.11. The molecule has 0 bridgehead atoms. The molecule has 0 spiro atoms. The molecule has 54 heavy (non-hydrogen) atoms. The number of aryl methyl sites for hydroxylation is 2. The van der Waals surface area contributed by atoms with Crippen LogP contribution in [0.3, 0.4) is 0 Å². The van der Waals surface area contributed by atoms with Crippen molar-refractivity contribution in [1.82, 2.24) is 0 Å². The standard InChI is InChI=1S/C46H62Cl2N2O4/c1-8-9-12-20-35-29-40(50-44(52)43(47)48)38-23-27-46(7,54-42(38)30-35)25-16-19-33(4)18-13-10-11-14-21-36-28-39(49-34(5)51)37-22-26-45(6,53-41(37)31-36)24-15-17-32(2)3/h17,19,22-23,26-31,43H,8-16,18,20-21,24-25H2,1-7H3,(H,49,51)(H,50,52)/b33-19+. The smallest absolute Gasteiger partial charge is 0.257 e. The molecule has 2 unspecified atom stereocenters. The summed E-state index contributed by atoms with van der Waals surface area (Å²) in [6.45, 7) is 14.5. The van der Waals surface area contributed by atoms with E-state index in [-0.39, 0.29) is 11.5 Å². The van der Waals surface area contributed by atoms with Gasteiger partial charge >= 0.3 is 0 Å². The Labute approximate surface area is 334 Å². The highest BCUT2D eigenvalue weighted by atomic mass is 35.5. The molecule has 0 aromatic heterocycles. The Hall–Kier alpha value is -3.48. The van der Waals surface area contributed by atoms with Gasteiger partial charge in [-0.05, 0) is 159 Å². The van der Waals surface area contributed by atoms with E-state index in [0.29, 0.717) is 5.69 Å². The number of fused-ring (bicyclic) bond motifs is 2. The number of anilines is 2. The Morgan fingerprint density at radius 2 is 1.24 bits per heavy atom. The van der Waals surface area contributed by atoms with Crippen LogP contribution >= 0.6 is 23.2 Å². The van der Waals surface area contributed by atoms with E-state index < -0.39 is 16.3 Å². The van der Waals surface area contributed by atoms with Crippen LogP contribution in [-0.4, -0.2) is 27.9 Å². The van der Waals surface area contributed by atoms with Crippen molar-refractivity contribution in [2.75, 3.05) is 10.6 Å². The number of halogens is 2. The first-order valence-corrected chi connectivity index (χ1v) is 20.8. The summed E-state index contributed by atoms with van der Waals surface area (Å²) in [5.41, 5.74) is 7.52. The quantitative estimate of drug-likeness (QED) is 0.0797. The second-order valence-corrected chi connectivity index (χ2v) is 17.0. The van der Waals surface area contributed by atoms with Crippen LogP contribution < -0.4 is 20.1 Å². The minimum absolute atomic E-state index is 0.0773. The molecule has 8 heteroatoms. The minimum atomic E-state index is -1.14. The molecule has 2 atom stereocenters. The molecular weight excluding hydrogens is 715 g/mol. The summed E-state index contributed by atoms with van der Waals surface area (Å²) >= 11 is 11.7. The first kappa shape index (κ1) is 43.3. The lowest BCUT2D eigenvalue weighted by Gasteiger charge is -2.33. The Morgan fingerprint density at radius 1 is 0.722 bits per heavy atom. The van der Waals surface area contributed by atoms with Crippen LogP contribution in [0.2, 0.25) is 0 Å². The first-order chi connectivity index (χ1) is 25.7. The maximum atomic E-state index is 12.4. The monoisotopic (exact) mass is 776 g/mol. The lowest BCUT2D eigenvalue weighted by Crippen LogP contribution is -2.32. The second-order valence-electron chi connectivity index (χ2n) is 15.9. The third kappa shape index (κ3) is 13.4. The molecule has 2 N–H and O–H groups in total. The highest BCUT2D eigenvalue weighted by Gasteiger charge is 2.30. The summed E-state index contributed by atoms with van der Waals surface area (Å²) in [7, 11) is 0. The molecular formula is C46H62Cl2N2O4. The fraction of sp³-hybridized carbons (Fsp3) is 0.522. The Balaban J connectivity index is 1.26. The maximum absolute atomic E-state index is 12.4. The highest BCUT2D eigenvalue weighted by Crippen LogP contribution is 2.41. The van der Waals surface area contributed by atoms with E-state index in [2.05, 4.69) is 107 Å². The number of carbonyl (C=O) groups excluding carboxylic acids is 2. The number of ether oxygens (including phenoxy) is 2. The van der Waals surface area contributed by atoms with E-state index >= 15 is 0 Å². The van der Waals surface area contributed by atoms with E-state index in [1.807, 2.05) is 6.07 Å². The number of alkyl halides is 2. The lowest BCUT2D eigenvalue weighted by atomic mass is 9.92. The van der Waals surface area contributed by atoms with Crippen molar-refractivity contribution in [2.24, 2.45) is 0 Å². The van der Waals surface area contributed by atoms with Crippen LogP contribution in [0.1, 0.15) is 148 Å². The molecule has 6 nitrogen and oxygen atoms in total. The van der Waals surface area contributed by atoms with E-state index in [4.69, 9.17) is 32.7 Å². The molecule has 0 fully saturated rings. The Bertz CT molecular complexity index is 1740. The van der Waals surface area contributed by atoms with Crippen molar-refractivity contribution in [3.63, 3.8) is 0 Å². The minimum Gasteiger partial charge on any atom is -0.483 e. The van der Waals surface area contributed by atoms with Crippen LogP contribution in [0.15, 0.2) is 59.7 Å². The third-order valence-corrected chi connectivity index (χ3v) is 10.6. The van der Waals surface area contributed by atoms with Gasteiger partial charge in [-0.25, -0.2) is 0 Å². The number of benzene rings is 2. The van der Waals surface area contributed by atoms with E-state index in [1.54, 1.807) is 6.92 Å². The zero-order valence-electron chi connectivity index (χ0n) is 33.6. The summed E-state index contributed by atoms with van der Waals surface area (Å²) in [4.78, 5) is 23.2. The number of rotatable bonds is 20. The molecule has 294 valence electrons. The number of allylic oxidation sites excluding steroid dienone is 4. The van der Waals surface area contributed by atoms with Crippen molar-refractivity contribution in [3.05, 3.63) is 82.0 Å². The number of nitrogens with one attached hydrogen (secondary N) is 2. The van der Waals surface area contributed by atoms with Crippen molar-refractivity contribution >= 4 is 58.5 Å². The number of unbranched alkanes of at least 4 members (excludes halogenated alkanes) is 5. The number of carbonyl (C=O) groups is 2. The van der Waals surface area contributed by atoms with Gasteiger partial charge in [0, 0.05) is 18.1 Å². The summed E-state index contributed by atoms with van der Waals surface area (Å²) in [6.07, 6.45) is 27.5.